The Morgan fingerprint density at radius 1 is 0.697 bits per heavy atom. The highest BCUT2D eigenvalue weighted by Gasteiger charge is 2.39. The minimum absolute atomic E-state index is 0.0419. The highest BCUT2D eigenvalue weighted by Crippen LogP contribution is 2.47. The Hall–Kier alpha value is -6.65. The molecule has 5 heterocycles. The van der Waals surface area contributed by atoms with Gasteiger partial charge in [0.25, 0.3) is 0 Å². The Kier molecular flexibility index (Phi) is 16.0. The van der Waals surface area contributed by atoms with E-state index in [1.165, 1.54) is 110 Å². The van der Waals surface area contributed by atoms with Gasteiger partial charge >= 0.3 is 0 Å². The summed E-state index contributed by atoms with van der Waals surface area (Å²) < 4.78 is 20.0. The fourth-order valence-electron chi connectivity index (χ4n) is 10.3. The summed E-state index contributed by atoms with van der Waals surface area (Å²) in [5.41, 5.74) is 11.7. The van der Waals surface area contributed by atoms with Crippen LogP contribution in [0.5, 0.6) is 0 Å². The summed E-state index contributed by atoms with van der Waals surface area (Å²) in [7, 11) is 0.329. The first-order valence-electron chi connectivity index (χ1n) is 27.3. The van der Waals surface area contributed by atoms with Crippen molar-refractivity contribution in [3.8, 4) is 40.0 Å². The van der Waals surface area contributed by atoms with Crippen LogP contribution < -0.4 is 4.90 Å². The number of aromatic nitrogens is 2. The molecule has 1 aliphatic heterocycles. The monoisotopic (exact) mass is 1060 g/mol. The molecule has 0 spiro atoms. The SMILES string of the molecule is CCCCCCc1ccc(-n2c3cc4c5sc(-c6ccc(N(C)CCO[Si](C)(C)C(C)(C)C)cc6)cc5n(-c5ccc(CCCCCC)cc5)c4cc3c3sc(/C=C/C4=C(C#N)C(=C(C#N)C#N)OC4(C)C)cc32)cc1. The Morgan fingerprint density at radius 2 is 1.24 bits per heavy atom. The van der Waals surface area contributed by atoms with E-state index in [4.69, 9.17) is 9.16 Å². The number of allylic oxidation sites excluding steroid dienone is 2. The van der Waals surface area contributed by atoms with Crippen LogP contribution >= 0.6 is 22.7 Å². The number of hydrogen-bond acceptors (Lipinski definition) is 8. The van der Waals surface area contributed by atoms with Crippen LogP contribution in [0.4, 0.5) is 5.69 Å². The number of nitrogens with zero attached hydrogens (tertiary/aromatic N) is 6. The quantitative estimate of drug-likeness (QED) is 0.0428. The molecule has 0 N–H and O–H groups in total. The molecule has 0 saturated carbocycles. The second-order valence-corrected chi connectivity index (χ2v) is 29.5. The van der Waals surface area contributed by atoms with Gasteiger partial charge in [-0.1, -0.05) is 116 Å². The van der Waals surface area contributed by atoms with Crippen LogP contribution in [0.25, 0.3) is 70.1 Å². The zero-order valence-electron chi connectivity index (χ0n) is 46.2. The van der Waals surface area contributed by atoms with E-state index in [-0.39, 0.29) is 21.9 Å². The van der Waals surface area contributed by atoms with Gasteiger partial charge < -0.3 is 23.2 Å². The van der Waals surface area contributed by atoms with Crippen molar-refractivity contribution < 1.29 is 9.16 Å². The van der Waals surface area contributed by atoms with Crippen LogP contribution in [0.3, 0.4) is 0 Å². The number of rotatable bonds is 20. The summed E-state index contributed by atoms with van der Waals surface area (Å²) in [5, 5.41) is 32.3. The van der Waals surface area contributed by atoms with Crippen LogP contribution in [-0.4, -0.2) is 43.3 Å². The van der Waals surface area contributed by atoms with E-state index in [0.717, 1.165) is 46.7 Å². The highest BCUT2D eigenvalue weighted by molar-refractivity contribution is 7.23. The Labute approximate surface area is 459 Å². The molecule has 9 rings (SSSR count). The Balaban J connectivity index is 1.17. The summed E-state index contributed by atoms with van der Waals surface area (Å²) in [6.45, 7) is 21.3. The molecule has 76 heavy (non-hydrogen) atoms. The van der Waals surface area contributed by atoms with Crippen LogP contribution in [0, 0.1) is 34.0 Å². The first-order valence-corrected chi connectivity index (χ1v) is 31.8. The molecule has 0 atom stereocenters. The molecule has 11 heteroatoms. The van der Waals surface area contributed by atoms with Crippen LogP contribution in [0.1, 0.15) is 116 Å². The maximum atomic E-state index is 10.3. The van der Waals surface area contributed by atoms with Gasteiger partial charge in [-0.15, -0.1) is 22.7 Å². The van der Waals surface area contributed by atoms with Crippen molar-refractivity contribution in [2.24, 2.45) is 0 Å². The smallest absolute Gasteiger partial charge is 0.192 e. The molecule has 4 aromatic carbocycles. The van der Waals surface area contributed by atoms with Gasteiger partial charge in [0, 0.05) is 56.8 Å². The summed E-state index contributed by atoms with van der Waals surface area (Å²) in [5.74, 6) is 0.0419. The van der Waals surface area contributed by atoms with Crippen molar-refractivity contribution in [3.05, 3.63) is 142 Å². The van der Waals surface area contributed by atoms with Crippen molar-refractivity contribution in [2.45, 2.75) is 136 Å². The molecule has 0 saturated heterocycles. The lowest BCUT2D eigenvalue weighted by molar-refractivity contribution is 0.0954. The lowest BCUT2D eigenvalue weighted by Gasteiger charge is -2.36. The van der Waals surface area contributed by atoms with E-state index in [2.05, 4.69) is 172 Å². The van der Waals surface area contributed by atoms with Gasteiger partial charge in [0.1, 0.15) is 29.4 Å². The number of ether oxygens (including phenoxy) is 1. The van der Waals surface area contributed by atoms with Gasteiger partial charge in [-0.05, 0) is 141 Å². The largest absolute Gasteiger partial charge is 0.480 e. The average molecular weight is 1060 g/mol. The zero-order chi connectivity index (χ0) is 53.9. The molecule has 390 valence electrons. The molecule has 0 radical (unpaired) electrons. The third kappa shape index (κ3) is 10.8. The third-order valence-electron chi connectivity index (χ3n) is 15.8. The number of unbranched alkanes of at least 4 members (excludes halogenated alkanes) is 6. The van der Waals surface area contributed by atoms with E-state index >= 15 is 0 Å². The molecule has 0 aliphatic carbocycles. The summed E-state index contributed by atoms with van der Waals surface area (Å²) in [4.78, 5) is 4.54. The number of hydrogen-bond donors (Lipinski definition) is 0. The molecule has 8 aromatic rings. The maximum Gasteiger partial charge on any atom is 0.192 e. The van der Waals surface area contributed by atoms with E-state index in [9.17, 15) is 15.8 Å². The number of benzene rings is 4. The lowest BCUT2D eigenvalue weighted by Crippen LogP contribution is -2.42. The second kappa shape index (κ2) is 22.5. The highest BCUT2D eigenvalue weighted by atomic mass is 32.1. The Morgan fingerprint density at radius 3 is 1.75 bits per heavy atom. The fourth-order valence-corrected chi connectivity index (χ4v) is 13.6. The summed E-state index contributed by atoms with van der Waals surface area (Å²) in [6, 6.07) is 43.0. The number of aryl methyl sites for hydroxylation is 2. The van der Waals surface area contributed by atoms with Crippen molar-refractivity contribution >= 4 is 85.0 Å². The maximum absolute atomic E-state index is 10.3. The van der Waals surface area contributed by atoms with Gasteiger partial charge in [-0.25, -0.2) is 0 Å². The Bertz CT molecular complexity index is 3630. The van der Waals surface area contributed by atoms with Gasteiger partial charge in [0.15, 0.2) is 19.6 Å². The van der Waals surface area contributed by atoms with Crippen LogP contribution in [0.15, 0.2) is 126 Å². The van der Waals surface area contributed by atoms with E-state index in [1.54, 1.807) is 11.3 Å². The zero-order valence-corrected chi connectivity index (χ0v) is 48.8. The van der Waals surface area contributed by atoms with Gasteiger partial charge in [0.05, 0.1) is 38.1 Å². The molecular weight excluding hydrogens is 989 g/mol. The first kappa shape index (κ1) is 54.1. The second-order valence-electron chi connectivity index (χ2n) is 22.6. The van der Waals surface area contributed by atoms with E-state index in [1.807, 2.05) is 49.5 Å². The van der Waals surface area contributed by atoms with Crippen LogP contribution in [-0.2, 0) is 22.0 Å². The number of anilines is 1. The first-order chi connectivity index (χ1) is 36.5. The van der Waals surface area contributed by atoms with Gasteiger partial charge in [0.2, 0.25) is 0 Å². The number of fused-ring (bicyclic) bond motifs is 6. The van der Waals surface area contributed by atoms with Gasteiger partial charge in [-0.2, -0.15) is 15.8 Å². The molecule has 4 aromatic heterocycles. The standard InChI is InChI=1S/C65H72N6O2S2Si/c1-11-13-15-17-19-44-21-27-49(28-22-44)70-56-39-53-57(38-52(56)62-58(70)37-51(74-62)33-34-55-54(43-68)61(47(41-66)42-67)73-65(55,6)7)71(50-29-23-45(24-30-50)20-18-16-14-12-2)59-40-60(75-63(53)59)46-25-31-48(32-26-46)69(8)35-36-72-76(9,10)64(3,4)5/h21-34,37-40H,11-20,35-36H2,1-10H3/b34-33+. The molecule has 0 bridgehead atoms. The number of likely N-dealkylation sites (N-methyl/N-ethyl adjacent to an activating group) is 1. The number of nitriles is 3. The predicted molar refractivity (Wildman–Crippen MR) is 324 cm³/mol. The third-order valence-corrected chi connectivity index (χ3v) is 22.7. The summed E-state index contributed by atoms with van der Waals surface area (Å²) in [6.07, 6.45) is 16.0. The molecular formula is C65H72N6O2S2Si. The van der Waals surface area contributed by atoms with Gasteiger partial charge in [-0.3, -0.25) is 0 Å². The average Bonchev–Trinajstić information content (AvgIpc) is 4.27. The van der Waals surface area contributed by atoms with E-state index in [0.29, 0.717) is 12.2 Å². The van der Waals surface area contributed by atoms with E-state index < -0.39 is 13.9 Å². The van der Waals surface area contributed by atoms with Crippen molar-refractivity contribution in [2.75, 3.05) is 25.1 Å². The van der Waals surface area contributed by atoms with Crippen molar-refractivity contribution in [3.63, 3.8) is 0 Å². The minimum atomic E-state index is -1.83. The van der Waals surface area contributed by atoms with Crippen molar-refractivity contribution in [1.29, 1.82) is 15.8 Å². The lowest BCUT2D eigenvalue weighted by atomic mass is 9.94. The molecule has 1 aliphatic rings. The molecule has 0 unspecified atom stereocenters. The molecule has 0 fully saturated rings. The molecule has 0 amide bonds. The summed E-state index contributed by atoms with van der Waals surface area (Å²) >= 11 is 3.59. The van der Waals surface area contributed by atoms with Crippen LogP contribution in [0.2, 0.25) is 18.1 Å². The number of thiophene rings is 2. The van der Waals surface area contributed by atoms with Crippen molar-refractivity contribution in [1.82, 2.24) is 9.13 Å². The minimum Gasteiger partial charge on any atom is -0.480 e. The predicted octanol–water partition coefficient (Wildman–Crippen LogP) is 18.3. The topological polar surface area (TPSA) is 103 Å². The normalized spacial score (nSPS) is 13.9. The molecule has 8 nitrogen and oxygen atoms in total. The fraction of sp³-hybridized carbons (Fsp3) is 0.369.